The molecule has 0 aromatic heterocycles. The van der Waals surface area contributed by atoms with E-state index in [0.717, 1.165) is 22.5 Å². The highest BCUT2D eigenvalue weighted by atomic mass is 14.9. The lowest BCUT2D eigenvalue weighted by atomic mass is 10.0. The summed E-state index contributed by atoms with van der Waals surface area (Å²) in [6.45, 7) is 0.620. The summed E-state index contributed by atoms with van der Waals surface area (Å²) in [5, 5.41) is 14.9. The van der Waals surface area contributed by atoms with Crippen LogP contribution in [0.1, 0.15) is 11.1 Å². The van der Waals surface area contributed by atoms with Crippen molar-refractivity contribution in [2.75, 3.05) is 5.32 Å². The van der Waals surface area contributed by atoms with Crippen LogP contribution in [0.4, 0.5) is 11.4 Å². The predicted octanol–water partition coefficient (Wildman–Crippen LogP) is 6.21. The van der Waals surface area contributed by atoms with Gasteiger partial charge in [0, 0.05) is 29.0 Å². The number of amidine groups is 1. The van der Waals surface area contributed by atoms with Gasteiger partial charge in [0.25, 0.3) is 0 Å². The number of rotatable bonds is 6. The lowest BCUT2D eigenvalue weighted by Crippen LogP contribution is -2.22. The Morgan fingerprint density at radius 1 is 0.655 bits per heavy atom. The molecule has 142 valence electrons. The molecule has 3 heteroatoms. The van der Waals surface area contributed by atoms with Crippen LogP contribution in [-0.4, -0.2) is 5.84 Å². The van der Waals surface area contributed by atoms with Gasteiger partial charge in [0.1, 0.15) is 5.84 Å². The maximum absolute atomic E-state index is 8.15. The Balaban J connectivity index is 1.42. The number of hydrogen-bond acceptors (Lipinski definition) is 2. The van der Waals surface area contributed by atoms with Crippen LogP contribution >= 0.6 is 0 Å². The van der Waals surface area contributed by atoms with Gasteiger partial charge in [0.2, 0.25) is 0 Å². The monoisotopic (exact) mass is 377 g/mol. The quantitative estimate of drug-likeness (QED) is 0.276. The van der Waals surface area contributed by atoms with Gasteiger partial charge in [-0.1, -0.05) is 91.0 Å². The van der Waals surface area contributed by atoms with Gasteiger partial charge in [0.05, 0.1) is 0 Å². The molecule has 3 N–H and O–H groups in total. The molecule has 0 saturated heterocycles. The van der Waals surface area contributed by atoms with Crippen LogP contribution in [0.15, 0.2) is 109 Å². The molecule has 0 bridgehead atoms. The zero-order chi connectivity index (χ0) is 19.9. The van der Waals surface area contributed by atoms with Crippen molar-refractivity contribution in [1.82, 2.24) is 5.32 Å². The standard InChI is InChI=1S/C26H23N3/c27-26(22-11-5-2-6-12-22)28-19-20-15-17-23(18-16-20)29-25-14-8-7-13-24(25)21-9-3-1-4-10-21/h1-18,29H,19H2,(H2,27,28). The van der Waals surface area contributed by atoms with E-state index in [0.29, 0.717) is 12.4 Å². The number of hydrogen-bond donors (Lipinski definition) is 3. The second-order valence-corrected chi connectivity index (χ2v) is 6.83. The summed E-state index contributed by atoms with van der Waals surface area (Å²) in [6.07, 6.45) is 0. The number of anilines is 2. The molecule has 0 atom stereocenters. The second-order valence-electron chi connectivity index (χ2n) is 6.83. The minimum absolute atomic E-state index is 0.435. The van der Waals surface area contributed by atoms with Gasteiger partial charge in [-0.2, -0.15) is 0 Å². The maximum atomic E-state index is 8.15. The average molecular weight is 377 g/mol. The molecule has 0 spiro atoms. The molecule has 0 heterocycles. The van der Waals surface area contributed by atoms with Crippen LogP contribution in [-0.2, 0) is 6.54 Å². The Labute approximate surface area is 171 Å². The van der Waals surface area contributed by atoms with Gasteiger partial charge in [-0.05, 0) is 29.3 Å². The summed E-state index contributed by atoms with van der Waals surface area (Å²) < 4.78 is 0. The fourth-order valence-electron chi connectivity index (χ4n) is 3.22. The maximum Gasteiger partial charge on any atom is 0.125 e. The molecule has 0 amide bonds. The van der Waals surface area contributed by atoms with Crippen LogP contribution in [0.5, 0.6) is 0 Å². The Morgan fingerprint density at radius 3 is 2.00 bits per heavy atom. The highest BCUT2D eigenvalue weighted by molar-refractivity contribution is 5.96. The van der Waals surface area contributed by atoms with E-state index < -0.39 is 0 Å². The summed E-state index contributed by atoms with van der Waals surface area (Å²) in [4.78, 5) is 0. The molecule has 0 aliphatic heterocycles. The van der Waals surface area contributed by atoms with Crippen LogP contribution in [0, 0.1) is 5.41 Å². The van der Waals surface area contributed by atoms with E-state index in [1.807, 2.05) is 42.5 Å². The summed E-state index contributed by atoms with van der Waals surface area (Å²) in [6, 6.07) is 36.7. The van der Waals surface area contributed by atoms with E-state index in [1.165, 1.54) is 11.1 Å². The minimum Gasteiger partial charge on any atom is -0.366 e. The smallest absolute Gasteiger partial charge is 0.125 e. The van der Waals surface area contributed by atoms with Crippen molar-refractivity contribution in [3.8, 4) is 11.1 Å². The number of para-hydroxylation sites is 1. The van der Waals surface area contributed by atoms with Gasteiger partial charge >= 0.3 is 0 Å². The summed E-state index contributed by atoms with van der Waals surface area (Å²) in [5.74, 6) is 0.435. The Morgan fingerprint density at radius 2 is 1.28 bits per heavy atom. The molecule has 3 nitrogen and oxygen atoms in total. The van der Waals surface area contributed by atoms with Gasteiger partial charge in [0.15, 0.2) is 0 Å². The highest BCUT2D eigenvalue weighted by Crippen LogP contribution is 2.30. The SMILES string of the molecule is N=C(NCc1ccc(Nc2ccccc2-c2ccccc2)cc1)c1ccccc1. The van der Waals surface area contributed by atoms with E-state index >= 15 is 0 Å². The third kappa shape index (κ3) is 4.71. The molecule has 0 radical (unpaired) electrons. The van der Waals surface area contributed by atoms with Gasteiger partial charge in [-0.15, -0.1) is 0 Å². The van der Waals surface area contributed by atoms with Crippen molar-refractivity contribution in [2.45, 2.75) is 6.54 Å². The molecule has 0 aliphatic rings. The lowest BCUT2D eigenvalue weighted by Gasteiger charge is -2.13. The number of nitrogens with one attached hydrogen (secondary N) is 3. The summed E-state index contributed by atoms with van der Waals surface area (Å²) in [7, 11) is 0. The van der Waals surface area contributed by atoms with Crippen molar-refractivity contribution in [1.29, 1.82) is 5.41 Å². The molecule has 4 aromatic carbocycles. The first-order valence-electron chi connectivity index (χ1n) is 9.68. The van der Waals surface area contributed by atoms with Crippen molar-refractivity contribution in [2.24, 2.45) is 0 Å². The molecule has 0 fully saturated rings. The van der Waals surface area contributed by atoms with Gasteiger partial charge < -0.3 is 10.6 Å². The first-order valence-corrected chi connectivity index (χ1v) is 9.68. The summed E-state index contributed by atoms with van der Waals surface area (Å²) >= 11 is 0. The fourth-order valence-corrected chi connectivity index (χ4v) is 3.22. The second kappa shape index (κ2) is 8.89. The lowest BCUT2D eigenvalue weighted by molar-refractivity contribution is 0.908. The molecule has 0 unspecified atom stereocenters. The van der Waals surface area contributed by atoms with Gasteiger partial charge in [-0.3, -0.25) is 5.41 Å². The van der Waals surface area contributed by atoms with E-state index in [4.69, 9.17) is 5.41 Å². The van der Waals surface area contributed by atoms with Crippen LogP contribution < -0.4 is 10.6 Å². The van der Waals surface area contributed by atoms with Crippen LogP contribution in [0.3, 0.4) is 0 Å². The minimum atomic E-state index is 0.435. The summed E-state index contributed by atoms with van der Waals surface area (Å²) in [5.41, 5.74) is 6.51. The van der Waals surface area contributed by atoms with E-state index in [2.05, 4.69) is 77.4 Å². The van der Waals surface area contributed by atoms with E-state index in [-0.39, 0.29) is 0 Å². The highest BCUT2D eigenvalue weighted by Gasteiger charge is 2.05. The van der Waals surface area contributed by atoms with Crippen LogP contribution in [0.2, 0.25) is 0 Å². The fraction of sp³-hybridized carbons (Fsp3) is 0.0385. The molecule has 4 aromatic rings. The predicted molar refractivity (Wildman–Crippen MR) is 122 cm³/mol. The van der Waals surface area contributed by atoms with Crippen molar-refractivity contribution in [3.05, 3.63) is 120 Å². The average Bonchev–Trinajstić information content (AvgIpc) is 2.80. The zero-order valence-electron chi connectivity index (χ0n) is 16.1. The molecular formula is C26H23N3. The number of benzene rings is 4. The van der Waals surface area contributed by atoms with Crippen molar-refractivity contribution in [3.63, 3.8) is 0 Å². The largest absolute Gasteiger partial charge is 0.366 e. The topological polar surface area (TPSA) is 47.9 Å². The third-order valence-electron chi connectivity index (χ3n) is 4.78. The van der Waals surface area contributed by atoms with E-state index in [1.54, 1.807) is 0 Å². The van der Waals surface area contributed by atoms with E-state index in [9.17, 15) is 0 Å². The van der Waals surface area contributed by atoms with Crippen LogP contribution in [0.25, 0.3) is 11.1 Å². The van der Waals surface area contributed by atoms with Crippen molar-refractivity contribution >= 4 is 17.2 Å². The Hall–Kier alpha value is -3.85. The Bertz CT molecular complexity index is 1070. The molecule has 0 aliphatic carbocycles. The van der Waals surface area contributed by atoms with Crippen molar-refractivity contribution < 1.29 is 0 Å². The molecule has 29 heavy (non-hydrogen) atoms. The Kier molecular flexibility index (Phi) is 5.68. The molecule has 0 saturated carbocycles. The first-order chi connectivity index (χ1) is 14.3. The molecule has 4 rings (SSSR count). The normalized spacial score (nSPS) is 10.3. The third-order valence-corrected chi connectivity index (χ3v) is 4.78. The first kappa shape index (κ1) is 18.5. The van der Waals surface area contributed by atoms with Gasteiger partial charge in [-0.25, -0.2) is 0 Å². The zero-order valence-corrected chi connectivity index (χ0v) is 16.1. The molecular weight excluding hydrogens is 354 g/mol.